The van der Waals surface area contributed by atoms with E-state index in [1.807, 2.05) is 13.8 Å². The number of carbonyl (C=O) groups is 3. The molecule has 1 rings (SSSR count). The Morgan fingerprint density at radius 1 is 1.38 bits per heavy atom. The number of hydrogen-bond donors (Lipinski definition) is 2. The summed E-state index contributed by atoms with van der Waals surface area (Å²) >= 11 is 0. The average Bonchev–Trinajstić information content (AvgIpc) is 2.42. The Morgan fingerprint density at radius 2 is 2.05 bits per heavy atom. The van der Waals surface area contributed by atoms with Gasteiger partial charge in [0.05, 0.1) is 7.11 Å². The quantitative estimate of drug-likeness (QED) is 0.741. The molecular formula is C14H24N2O5. The zero-order valence-corrected chi connectivity index (χ0v) is 12.8. The fraction of sp³-hybridized carbons (Fsp3) is 0.786. The number of piperidine rings is 1. The summed E-state index contributed by atoms with van der Waals surface area (Å²) < 4.78 is 4.69. The molecule has 0 aromatic rings. The molecule has 1 aliphatic rings. The highest BCUT2D eigenvalue weighted by Crippen LogP contribution is 2.20. The van der Waals surface area contributed by atoms with E-state index in [1.54, 1.807) is 4.90 Å². The molecule has 0 saturated carbocycles. The van der Waals surface area contributed by atoms with Crippen LogP contribution in [0.3, 0.4) is 0 Å². The van der Waals surface area contributed by atoms with Crippen molar-refractivity contribution in [3.63, 3.8) is 0 Å². The monoisotopic (exact) mass is 300 g/mol. The van der Waals surface area contributed by atoms with Gasteiger partial charge < -0.3 is 20.1 Å². The molecule has 0 aromatic heterocycles. The van der Waals surface area contributed by atoms with E-state index in [0.717, 1.165) is 12.8 Å². The van der Waals surface area contributed by atoms with Crippen LogP contribution in [0.25, 0.3) is 0 Å². The van der Waals surface area contributed by atoms with Crippen LogP contribution in [0.15, 0.2) is 0 Å². The summed E-state index contributed by atoms with van der Waals surface area (Å²) in [6.45, 7) is 4.63. The van der Waals surface area contributed by atoms with Gasteiger partial charge in [0.1, 0.15) is 6.04 Å². The number of carboxylic acids is 1. The molecule has 7 heteroatoms. The molecule has 21 heavy (non-hydrogen) atoms. The summed E-state index contributed by atoms with van der Waals surface area (Å²) in [7, 11) is 1.29. The van der Waals surface area contributed by atoms with Crippen molar-refractivity contribution in [2.24, 2.45) is 11.8 Å². The number of methoxy groups -OCH3 is 1. The molecule has 2 amide bonds. The molecular weight excluding hydrogens is 276 g/mol. The van der Waals surface area contributed by atoms with Crippen molar-refractivity contribution < 1.29 is 24.2 Å². The molecule has 7 nitrogen and oxygen atoms in total. The molecule has 0 spiro atoms. The Labute approximate surface area is 124 Å². The predicted octanol–water partition coefficient (Wildman–Crippen LogP) is 1.08. The lowest BCUT2D eigenvalue weighted by atomic mass is 9.95. The first-order valence-electron chi connectivity index (χ1n) is 7.20. The van der Waals surface area contributed by atoms with Crippen LogP contribution in [0.5, 0.6) is 0 Å². The van der Waals surface area contributed by atoms with Crippen molar-refractivity contribution in [2.45, 2.75) is 39.2 Å². The summed E-state index contributed by atoms with van der Waals surface area (Å²) in [5.41, 5.74) is 0. The highest BCUT2D eigenvalue weighted by Gasteiger charge is 2.30. The first-order valence-corrected chi connectivity index (χ1v) is 7.20. The van der Waals surface area contributed by atoms with Gasteiger partial charge in [-0.1, -0.05) is 13.8 Å². The van der Waals surface area contributed by atoms with E-state index in [4.69, 9.17) is 5.11 Å². The van der Waals surface area contributed by atoms with E-state index in [-0.39, 0.29) is 24.3 Å². The number of carbonyl (C=O) groups excluding carboxylic acids is 2. The molecule has 0 radical (unpaired) electrons. The number of amides is 2. The first kappa shape index (κ1) is 17.3. The Hall–Kier alpha value is -1.79. The number of aliphatic carboxylic acids is 1. The summed E-state index contributed by atoms with van der Waals surface area (Å²) in [6, 6.07) is -1.03. The number of esters is 1. The number of likely N-dealkylation sites (tertiary alicyclic amines) is 1. The Morgan fingerprint density at radius 3 is 2.57 bits per heavy atom. The zero-order valence-electron chi connectivity index (χ0n) is 12.8. The van der Waals surface area contributed by atoms with Gasteiger partial charge in [-0.2, -0.15) is 0 Å². The number of hydrogen-bond acceptors (Lipinski definition) is 4. The summed E-state index contributed by atoms with van der Waals surface area (Å²) in [5.74, 6) is -1.44. The second-order valence-corrected chi connectivity index (χ2v) is 5.75. The molecule has 0 bridgehead atoms. The minimum absolute atomic E-state index is 0.0300. The number of nitrogens with zero attached hydrogens (tertiary/aromatic N) is 1. The third-order valence-corrected chi connectivity index (χ3v) is 3.67. The largest absolute Gasteiger partial charge is 0.481 e. The van der Waals surface area contributed by atoms with E-state index in [2.05, 4.69) is 10.1 Å². The molecule has 1 aliphatic heterocycles. The molecule has 0 aliphatic carbocycles. The third-order valence-electron chi connectivity index (χ3n) is 3.67. The topological polar surface area (TPSA) is 95.9 Å². The molecule has 1 heterocycles. The van der Waals surface area contributed by atoms with Crippen LogP contribution in [0.1, 0.15) is 33.1 Å². The van der Waals surface area contributed by atoms with E-state index >= 15 is 0 Å². The van der Waals surface area contributed by atoms with Crippen LogP contribution in [0, 0.1) is 11.8 Å². The van der Waals surface area contributed by atoms with E-state index in [1.165, 1.54) is 7.11 Å². The van der Waals surface area contributed by atoms with Gasteiger partial charge in [-0.3, -0.25) is 4.79 Å². The van der Waals surface area contributed by atoms with Crippen molar-refractivity contribution in [3.8, 4) is 0 Å². The van der Waals surface area contributed by atoms with Crippen LogP contribution in [0.4, 0.5) is 4.79 Å². The van der Waals surface area contributed by atoms with Crippen LogP contribution < -0.4 is 5.32 Å². The maximum Gasteiger partial charge on any atom is 0.328 e. The SMILES string of the molecule is COC(=O)C(NC(=O)N1CCCC(CC(=O)O)C1)C(C)C. The first-order chi connectivity index (χ1) is 9.85. The van der Waals surface area contributed by atoms with Gasteiger partial charge in [0.2, 0.25) is 0 Å². The van der Waals surface area contributed by atoms with E-state index in [0.29, 0.717) is 13.1 Å². The van der Waals surface area contributed by atoms with Crippen LogP contribution in [0.2, 0.25) is 0 Å². The summed E-state index contributed by atoms with van der Waals surface area (Å²) in [4.78, 5) is 36.2. The number of ether oxygens (including phenoxy) is 1. The Bertz CT molecular complexity index is 397. The molecule has 2 unspecified atom stereocenters. The van der Waals surface area contributed by atoms with Crippen LogP contribution in [-0.2, 0) is 14.3 Å². The molecule has 2 atom stereocenters. The third kappa shape index (κ3) is 5.24. The highest BCUT2D eigenvalue weighted by molar-refractivity contribution is 5.83. The van der Waals surface area contributed by atoms with Crippen LogP contribution in [-0.4, -0.2) is 54.2 Å². The normalized spacial score (nSPS) is 20.0. The Balaban J connectivity index is 2.60. The predicted molar refractivity (Wildman–Crippen MR) is 75.7 cm³/mol. The molecule has 1 saturated heterocycles. The highest BCUT2D eigenvalue weighted by atomic mass is 16.5. The average molecular weight is 300 g/mol. The van der Waals surface area contributed by atoms with Crippen molar-refractivity contribution in [2.75, 3.05) is 20.2 Å². The standard InChI is InChI=1S/C14H24N2O5/c1-9(2)12(13(19)21-3)15-14(20)16-6-4-5-10(8-16)7-11(17)18/h9-10,12H,4-8H2,1-3H3,(H,15,20)(H,17,18). The smallest absolute Gasteiger partial charge is 0.328 e. The van der Waals surface area contributed by atoms with Gasteiger partial charge in [-0.25, -0.2) is 9.59 Å². The van der Waals surface area contributed by atoms with Crippen LogP contribution >= 0.6 is 0 Å². The minimum atomic E-state index is -0.850. The fourth-order valence-electron chi connectivity index (χ4n) is 2.51. The number of urea groups is 1. The number of nitrogens with one attached hydrogen (secondary N) is 1. The second-order valence-electron chi connectivity index (χ2n) is 5.75. The molecule has 2 N–H and O–H groups in total. The minimum Gasteiger partial charge on any atom is -0.481 e. The zero-order chi connectivity index (χ0) is 16.0. The lowest BCUT2D eigenvalue weighted by Crippen LogP contribution is -2.52. The van der Waals surface area contributed by atoms with Gasteiger partial charge in [-0.05, 0) is 24.7 Å². The van der Waals surface area contributed by atoms with Gasteiger partial charge in [0.25, 0.3) is 0 Å². The number of rotatable bonds is 5. The fourth-order valence-corrected chi connectivity index (χ4v) is 2.51. The van der Waals surface area contributed by atoms with Gasteiger partial charge in [0.15, 0.2) is 0 Å². The van der Waals surface area contributed by atoms with Gasteiger partial charge in [-0.15, -0.1) is 0 Å². The van der Waals surface area contributed by atoms with Crippen molar-refractivity contribution in [1.82, 2.24) is 10.2 Å². The van der Waals surface area contributed by atoms with E-state index in [9.17, 15) is 14.4 Å². The molecule has 0 aromatic carbocycles. The van der Waals surface area contributed by atoms with Crippen molar-refractivity contribution >= 4 is 18.0 Å². The Kier molecular flexibility index (Phi) is 6.45. The maximum absolute atomic E-state index is 12.2. The second kappa shape index (κ2) is 7.85. The molecule has 1 fully saturated rings. The number of carboxylic acid groups (broad SMARTS) is 1. The summed E-state index contributed by atoms with van der Waals surface area (Å²) in [6.07, 6.45) is 1.64. The van der Waals surface area contributed by atoms with Gasteiger partial charge >= 0.3 is 18.0 Å². The van der Waals surface area contributed by atoms with Crippen molar-refractivity contribution in [3.05, 3.63) is 0 Å². The van der Waals surface area contributed by atoms with Crippen molar-refractivity contribution in [1.29, 1.82) is 0 Å². The lowest BCUT2D eigenvalue weighted by Gasteiger charge is -2.33. The lowest BCUT2D eigenvalue weighted by molar-refractivity contribution is -0.144. The maximum atomic E-state index is 12.2. The summed E-state index contributed by atoms with van der Waals surface area (Å²) in [5, 5.41) is 11.5. The van der Waals surface area contributed by atoms with E-state index < -0.39 is 18.0 Å². The van der Waals surface area contributed by atoms with Gasteiger partial charge in [0, 0.05) is 19.5 Å². The molecule has 120 valence electrons.